The molecule has 1 aliphatic rings. The topological polar surface area (TPSA) is 70.5 Å². The van der Waals surface area contributed by atoms with E-state index in [1.54, 1.807) is 0 Å². The van der Waals surface area contributed by atoms with Crippen molar-refractivity contribution >= 4 is 11.6 Å². The Bertz CT molecular complexity index is 428. The highest BCUT2D eigenvalue weighted by Gasteiger charge is 2.21. The Morgan fingerprint density at radius 2 is 2.35 bits per heavy atom. The van der Waals surface area contributed by atoms with Crippen molar-refractivity contribution in [1.29, 1.82) is 0 Å². The highest BCUT2D eigenvalue weighted by atomic mass is 16.5. The van der Waals surface area contributed by atoms with E-state index in [9.17, 15) is 5.11 Å². The third-order valence-corrected chi connectivity index (χ3v) is 3.55. The molecule has 0 aliphatic carbocycles. The van der Waals surface area contributed by atoms with Crippen LogP contribution < -0.4 is 10.2 Å². The standard InChI is InChI=1S/C14H24N4O2/c1-3-20-10-13-16-12(15-2)7-14(17-13)18-6-4-5-11(8-18)9-19/h7,11,19H,3-6,8-10H2,1-2H3,(H,15,16,17). The number of hydrogen-bond acceptors (Lipinski definition) is 6. The Balaban J connectivity index is 2.16. The first-order valence-electron chi connectivity index (χ1n) is 7.26. The summed E-state index contributed by atoms with van der Waals surface area (Å²) < 4.78 is 5.39. The third kappa shape index (κ3) is 3.80. The predicted molar refractivity (Wildman–Crippen MR) is 78.9 cm³/mol. The van der Waals surface area contributed by atoms with Crippen LogP contribution in [0.4, 0.5) is 11.6 Å². The van der Waals surface area contributed by atoms with E-state index >= 15 is 0 Å². The maximum Gasteiger partial charge on any atom is 0.158 e. The van der Waals surface area contributed by atoms with E-state index in [1.807, 2.05) is 20.0 Å². The van der Waals surface area contributed by atoms with Gasteiger partial charge in [0.2, 0.25) is 0 Å². The molecule has 0 saturated carbocycles. The SMILES string of the molecule is CCOCc1nc(NC)cc(N2CCCC(CO)C2)n1. The number of piperidine rings is 1. The molecule has 1 atom stereocenters. The molecular formula is C14H24N4O2. The van der Waals surface area contributed by atoms with Gasteiger partial charge in [-0.05, 0) is 25.7 Å². The highest BCUT2D eigenvalue weighted by Crippen LogP contribution is 2.23. The molecule has 1 unspecified atom stereocenters. The summed E-state index contributed by atoms with van der Waals surface area (Å²) in [7, 11) is 1.85. The summed E-state index contributed by atoms with van der Waals surface area (Å²) in [5.74, 6) is 2.75. The van der Waals surface area contributed by atoms with Gasteiger partial charge in [-0.25, -0.2) is 9.97 Å². The van der Waals surface area contributed by atoms with Crippen molar-refractivity contribution in [2.75, 3.05) is 43.6 Å². The molecule has 112 valence electrons. The molecule has 0 radical (unpaired) electrons. The molecule has 1 aromatic rings. The van der Waals surface area contributed by atoms with Crippen LogP contribution in [0, 0.1) is 5.92 Å². The van der Waals surface area contributed by atoms with Gasteiger partial charge in [0.1, 0.15) is 18.2 Å². The summed E-state index contributed by atoms with van der Waals surface area (Å²) in [6.45, 7) is 5.11. The van der Waals surface area contributed by atoms with Gasteiger partial charge in [0.05, 0.1) is 0 Å². The Hall–Kier alpha value is -1.40. The zero-order chi connectivity index (χ0) is 14.4. The molecule has 6 heteroatoms. The molecule has 0 bridgehead atoms. The Labute approximate surface area is 120 Å². The average Bonchev–Trinajstić information content (AvgIpc) is 2.52. The summed E-state index contributed by atoms with van der Waals surface area (Å²) in [4.78, 5) is 11.2. The number of nitrogens with zero attached hydrogens (tertiary/aromatic N) is 3. The Morgan fingerprint density at radius 3 is 3.05 bits per heavy atom. The summed E-state index contributed by atoms with van der Waals surface area (Å²) in [6.07, 6.45) is 2.17. The van der Waals surface area contributed by atoms with Gasteiger partial charge in [-0.2, -0.15) is 0 Å². The summed E-state index contributed by atoms with van der Waals surface area (Å²) in [6, 6.07) is 1.95. The fourth-order valence-corrected chi connectivity index (χ4v) is 2.45. The number of aliphatic hydroxyl groups excluding tert-OH is 1. The van der Waals surface area contributed by atoms with Crippen molar-refractivity contribution in [3.63, 3.8) is 0 Å². The minimum absolute atomic E-state index is 0.242. The quantitative estimate of drug-likeness (QED) is 0.817. The average molecular weight is 280 g/mol. The number of aromatic nitrogens is 2. The van der Waals surface area contributed by atoms with Gasteiger partial charge in [-0.1, -0.05) is 0 Å². The predicted octanol–water partition coefficient (Wildman–Crippen LogP) is 1.26. The maximum atomic E-state index is 9.34. The minimum atomic E-state index is 0.242. The molecule has 1 aliphatic heterocycles. The second-order valence-corrected chi connectivity index (χ2v) is 5.05. The molecule has 20 heavy (non-hydrogen) atoms. The highest BCUT2D eigenvalue weighted by molar-refractivity contribution is 5.49. The first-order valence-corrected chi connectivity index (χ1v) is 7.26. The zero-order valence-electron chi connectivity index (χ0n) is 12.3. The molecule has 1 fully saturated rings. The van der Waals surface area contributed by atoms with E-state index in [4.69, 9.17) is 4.74 Å². The van der Waals surface area contributed by atoms with Crippen LogP contribution in [0.2, 0.25) is 0 Å². The first kappa shape index (κ1) is 15.0. The van der Waals surface area contributed by atoms with Gasteiger partial charge >= 0.3 is 0 Å². The van der Waals surface area contributed by atoms with E-state index < -0.39 is 0 Å². The second kappa shape index (κ2) is 7.40. The van der Waals surface area contributed by atoms with E-state index in [0.717, 1.165) is 37.6 Å². The fourth-order valence-electron chi connectivity index (χ4n) is 2.45. The van der Waals surface area contributed by atoms with Crippen molar-refractivity contribution in [3.05, 3.63) is 11.9 Å². The fraction of sp³-hybridized carbons (Fsp3) is 0.714. The smallest absolute Gasteiger partial charge is 0.158 e. The summed E-state index contributed by atoms with van der Waals surface area (Å²) in [5.41, 5.74) is 0. The maximum absolute atomic E-state index is 9.34. The molecule has 0 amide bonds. The lowest BCUT2D eigenvalue weighted by atomic mass is 9.99. The zero-order valence-corrected chi connectivity index (χ0v) is 12.3. The Morgan fingerprint density at radius 1 is 1.50 bits per heavy atom. The van der Waals surface area contributed by atoms with E-state index in [1.165, 1.54) is 0 Å². The largest absolute Gasteiger partial charge is 0.396 e. The summed E-state index contributed by atoms with van der Waals surface area (Å²) >= 11 is 0. The lowest BCUT2D eigenvalue weighted by Crippen LogP contribution is -2.37. The van der Waals surface area contributed by atoms with Gasteiger partial charge < -0.3 is 20.1 Å². The van der Waals surface area contributed by atoms with Crippen LogP contribution in [0.15, 0.2) is 6.07 Å². The van der Waals surface area contributed by atoms with Crippen molar-refractivity contribution < 1.29 is 9.84 Å². The van der Waals surface area contributed by atoms with Gasteiger partial charge in [0.25, 0.3) is 0 Å². The van der Waals surface area contributed by atoms with Gasteiger partial charge in [0, 0.05) is 39.4 Å². The van der Waals surface area contributed by atoms with Crippen LogP contribution >= 0.6 is 0 Å². The summed E-state index contributed by atoms with van der Waals surface area (Å²) in [5, 5.41) is 12.4. The van der Waals surface area contributed by atoms with Crippen molar-refractivity contribution in [3.8, 4) is 0 Å². The molecule has 0 aromatic carbocycles. The first-order chi connectivity index (χ1) is 9.76. The van der Waals surface area contributed by atoms with Crippen molar-refractivity contribution in [1.82, 2.24) is 9.97 Å². The van der Waals surface area contributed by atoms with E-state index in [2.05, 4.69) is 20.2 Å². The Kier molecular flexibility index (Phi) is 5.55. The van der Waals surface area contributed by atoms with Crippen molar-refractivity contribution in [2.24, 2.45) is 5.92 Å². The number of rotatable bonds is 6. The lowest BCUT2D eigenvalue weighted by Gasteiger charge is -2.33. The van der Waals surface area contributed by atoms with Crippen LogP contribution in [-0.2, 0) is 11.3 Å². The van der Waals surface area contributed by atoms with Gasteiger partial charge in [-0.3, -0.25) is 0 Å². The molecule has 2 heterocycles. The lowest BCUT2D eigenvalue weighted by molar-refractivity contribution is 0.128. The van der Waals surface area contributed by atoms with E-state index in [-0.39, 0.29) is 6.61 Å². The molecule has 6 nitrogen and oxygen atoms in total. The van der Waals surface area contributed by atoms with Gasteiger partial charge in [0.15, 0.2) is 5.82 Å². The van der Waals surface area contributed by atoms with Crippen LogP contribution in [-0.4, -0.2) is 48.4 Å². The monoisotopic (exact) mass is 280 g/mol. The molecular weight excluding hydrogens is 256 g/mol. The number of nitrogens with one attached hydrogen (secondary N) is 1. The second-order valence-electron chi connectivity index (χ2n) is 5.05. The van der Waals surface area contributed by atoms with Crippen LogP contribution in [0.25, 0.3) is 0 Å². The normalized spacial score (nSPS) is 19.1. The van der Waals surface area contributed by atoms with Crippen LogP contribution in [0.3, 0.4) is 0 Å². The third-order valence-electron chi connectivity index (χ3n) is 3.55. The van der Waals surface area contributed by atoms with Gasteiger partial charge in [-0.15, -0.1) is 0 Å². The molecule has 2 N–H and O–H groups in total. The molecule has 1 aromatic heterocycles. The van der Waals surface area contributed by atoms with Crippen LogP contribution in [0.1, 0.15) is 25.6 Å². The number of aliphatic hydroxyl groups is 1. The molecule has 1 saturated heterocycles. The number of anilines is 2. The van der Waals surface area contributed by atoms with Crippen molar-refractivity contribution in [2.45, 2.75) is 26.4 Å². The molecule has 2 rings (SSSR count). The number of ether oxygens (including phenoxy) is 1. The van der Waals surface area contributed by atoms with E-state index in [0.29, 0.717) is 25.0 Å². The number of hydrogen-bond donors (Lipinski definition) is 2. The minimum Gasteiger partial charge on any atom is -0.396 e. The molecule has 0 spiro atoms. The van der Waals surface area contributed by atoms with Crippen LogP contribution in [0.5, 0.6) is 0 Å².